The highest BCUT2D eigenvalue weighted by molar-refractivity contribution is 6.31. The van der Waals surface area contributed by atoms with E-state index in [4.69, 9.17) is 16.1 Å². The number of rotatable bonds is 5. The van der Waals surface area contributed by atoms with E-state index >= 15 is 0 Å². The summed E-state index contributed by atoms with van der Waals surface area (Å²) in [6, 6.07) is 5.93. The van der Waals surface area contributed by atoms with E-state index in [-0.39, 0.29) is 6.03 Å². The molecule has 1 aliphatic rings. The average Bonchev–Trinajstić information content (AvgIpc) is 3.01. The molecule has 3 rings (SSSR count). The molecule has 0 aliphatic carbocycles. The minimum absolute atomic E-state index is 0.0156. The van der Waals surface area contributed by atoms with Gasteiger partial charge < -0.3 is 14.7 Å². The molecule has 2 heterocycles. The molecule has 1 aromatic carbocycles. The number of benzene rings is 1. The van der Waals surface area contributed by atoms with Gasteiger partial charge in [0.15, 0.2) is 5.58 Å². The Balaban J connectivity index is 1.57. The van der Waals surface area contributed by atoms with Crippen molar-refractivity contribution >= 4 is 28.6 Å². The summed E-state index contributed by atoms with van der Waals surface area (Å²) in [6.07, 6.45) is 3.57. The first kappa shape index (κ1) is 17.8. The lowest BCUT2D eigenvalue weighted by atomic mass is 10.0. The highest BCUT2D eigenvalue weighted by atomic mass is 35.5. The van der Waals surface area contributed by atoms with E-state index in [1.54, 1.807) is 12.1 Å². The van der Waals surface area contributed by atoms with Gasteiger partial charge in [0.2, 0.25) is 0 Å². The first-order chi connectivity index (χ1) is 12.1. The molecule has 1 aromatic heterocycles. The Morgan fingerprint density at radius 1 is 1.52 bits per heavy atom. The third kappa shape index (κ3) is 4.14. The summed E-state index contributed by atoms with van der Waals surface area (Å²) < 4.78 is 5.37. The zero-order valence-electron chi connectivity index (χ0n) is 14.4. The first-order valence-corrected chi connectivity index (χ1v) is 8.84. The molecule has 0 bridgehead atoms. The van der Waals surface area contributed by atoms with Gasteiger partial charge in [-0.3, -0.25) is 4.90 Å². The van der Waals surface area contributed by atoms with Crippen molar-refractivity contribution in [2.24, 2.45) is 0 Å². The normalized spacial score (nSPS) is 15.7. The van der Waals surface area contributed by atoms with Crippen LogP contribution in [0.5, 0.6) is 0 Å². The van der Waals surface area contributed by atoms with Crippen LogP contribution in [0.25, 0.3) is 11.0 Å². The van der Waals surface area contributed by atoms with E-state index in [0.717, 1.165) is 42.6 Å². The van der Waals surface area contributed by atoms with E-state index in [1.807, 2.05) is 17.0 Å². The SMILES string of the molecule is C=CCNC(=O)N1CCC(N(C)Cc2noc3ccc(Cl)cc23)CC1. The van der Waals surface area contributed by atoms with Crippen LogP contribution >= 0.6 is 11.6 Å². The molecule has 1 N–H and O–H groups in total. The minimum Gasteiger partial charge on any atom is -0.356 e. The highest BCUT2D eigenvalue weighted by Gasteiger charge is 2.25. The number of likely N-dealkylation sites (tertiary alicyclic amines) is 1. The molecule has 134 valence electrons. The summed E-state index contributed by atoms with van der Waals surface area (Å²) in [7, 11) is 2.09. The smallest absolute Gasteiger partial charge is 0.317 e. The maximum Gasteiger partial charge on any atom is 0.317 e. The standard InChI is InChI=1S/C18H23ClN4O2/c1-3-8-20-18(24)23-9-6-14(7-10-23)22(2)12-16-15-11-13(19)4-5-17(15)25-21-16/h3-5,11,14H,1,6-10,12H2,2H3,(H,20,24). The van der Waals surface area contributed by atoms with Crippen molar-refractivity contribution in [2.75, 3.05) is 26.7 Å². The maximum absolute atomic E-state index is 12.0. The Morgan fingerprint density at radius 2 is 2.28 bits per heavy atom. The van der Waals surface area contributed by atoms with E-state index in [1.165, 1.54) is 0 Å². The monoisotopic (exact) mass is 362 g/mol. The Kier molecular flexibility index (Phi) is 5.60. The number of carbonyl (C=O) groups is 1. The zero-order valence-corrected chi connectivity index (χ0v) is 15.1. The molecular formula is C18H23ClN4O2. The van der Waals surface area contributed by atoms with Crippen molar-refractivity contribution in [3.63, 3.8) is 0 Å². The second-order valence-electron chi connectivity index (χ2n) is 6.38. The van der Waals surface area contributed by atoms with Crippen molar-refractivity contribution in [3.8, 4) is 0 Å². The zero-order chi connectivity index (χ0) is 17.8. The summed E-state index contributed by atoms with van der Waals surface area (Å²) >= 11 is 6.08. The molecule has 7 heteroatoms. The third-order valence-electron chi connectivity index (χ3n) is 4.68. The third-order valence-corrected chi connectivity index (χ3v) is 4.91. The van der Waals surface area contributed by atoms with Gasteiger partial charge >= 0.3 is 6.03 Å². The van der Waals surface area contributed by atoms with Crippen LogP contribution in [0.15, 0.2) is 35.4 Å². The summed E-state index contributed by atoms with van der Waals surface area (Å²) in [5, 5.41) is 8.66. The molecule has 1 fully saturated rings. The predicted molar refractivity (Wildman–Crippen MR) is 98.7 cm³/mol. The van der Waals surface area contributed by atoms with Gasteiger partial charge in [-0.1, -0.05) is 22.8 Å². The molecule has 2 amide bonds. The summed E-state index contributed by atoms with van der Waals surface area (Å²) in [6.45, 7) is 6.32. The van der Waals surface area contributed by atoms with E-state index < -0.39 is 0 Å². The molecule has 2 aromatic rings. The minimum atomic E-state index is -0.0156. The average molecular weight is 363 g/mol. The Bertz CT molecular complexity index is 753. The van der Waals surface area contributed by atoms with Gasteiger partial charge in [-0.05, 0) is 38.1 Å². The second kappa shape index (κ2) is 7.89. The van der Waals surface area contributed by atoms with E-state index in [9.17, 15) is 4.79 Å². The lowest BCUT2D eigenvalue weighted by molar-refractivity contribution is 0.130. The van der Waals surface area contributed by atoms with Gasteiger partial charge in [-0.25, -0.2) is 4.79 Å². The van der Waals surface area contributed by atoms with Crippen molar-refractivity contribution in [2.45, 2.75) is 25.4 Å². The van der Waals surface area contributed by atoms with Gasteiger partial charge in [0.1, 0.15) is 5.69 Å². The molecule has 0 unspecified atom stereocenters. The quantitative estimate of drug-likeness (QED) is 0.829. The first-order valence-electron chi connectivity index (χ1n) is 8.46. The van der Waals surface area contributed by atoms with Crippen LogP contribution in [0.3, 0.4) is 0 Å². The van der Waals surface area contributed by atoms with E-state index in [2.05, 4.69) is 29.0 Å². The number of halogens is 1. The number of piperidine rings is 1. The van der Waals surface area contributed by atoms with Crippen molar-refractivity contribution in [1.82, 2.24) is 20.3 Å². The Hall–Kier alpha value is -2.05. The molecule has 0 atom stereocenters. The molecule has 0 spiro atoms. The number of urea groups is 1. The maximum atomic E-state index is 12.0. The van der Waals surface area contributed by atoms with Crippen LogP contribution < -0.4 is 5.32 Å². The van der Waals surface area contributed by atoms with Crippen molar-refractivity contribution < 1.29 is 9.32 Å². The van der Waals surface area contributed by atoms with Crippen LogP contribution in [0, 0.1) is 0 Å². The summed E-state index contributed by atoms with van der Waals surface area (Å²) in [5.41, 5.74) is 1.65. The lowest BCUT2D eigenvalue weighted by Crippen LogP contribution is -2.48. The highest BCUT2D eigenvalue weighted by Crippen LogP contribution is 2.25. The molecule has 0 radical (unpaired) electrons. The van der Waals surface area contributed by atoms with Crippen LogP contribution in [-0.4, -0.2) is 53.7 Å². The Morgan fingerprint density at radius 3 is 3.00 bits per heavy atom. The lowest BCUT2D eigenvalue weighted by Gasteiger charge is -2.36. The number of nitrogens with one attached hydrogen (secondary N) is 1. The van der Waals surface area contributed by atoms with Crippen LogP contribution in [0.4, 0.5) is 4.79 Å². The molecule has 6 nitrogen and oxygen atoms in total. The molecule has 25 heavy (non-hydrogen) atoms. The predicted octanol–water partition coefficient (Wildman–Crippen LogP) is 3.27. The summed E-state index contributed by atoms with van der Waals surface area (Å²) in [5.74, 6) is 0. The fourth-order valence-electron chi connectivity index (χ4n) is 3.22. The number of hydrogen-bond donors (Lipinski definition) is 1. The number of nitrogens with zero attached hydrogens (tertiary/aromatic N) is 3. The molecule has 1 saturated heterocycles. The number of hydrogen-bond acceptors (Lipinski definition) is 4. The largest absolute Gasteiger partial charge is 0.356 e. The van der Waals surface area contributed by atoms with Gasteiger partial charge in [-0.15, -0.1) is 6.58 Å². The van der Waals surface area contributed by atoms with Crippen molar-refractivity contribution in [1.29, 1.82) is 0 Å². The molecule has 1 aliphatic heterocycles. The second-order valence-corrected chi connectivity index (χ2v) is 6.81. The van der Waals surface area contributed by atoms with Gasteiger partial charge in [0.05, 0.1) is 0 Å². The van der Waals surface area contributed by atoms with Crippen LogP contribution in [0.1, 0.15) is 18.5 Å². The van der Waals surface area contributed by atoms with E-state index in [0.29, 0.717) is 24.2 Å². The fourth-order valence-corrected chi connectivity index (χ4v) is 3.39. The van der Waals surface area contributed by atoms with Crippen LogP contribution in [-0.2, 0) is 6.54 Å². The number of fused-ring (bicyclic) bond motifs is 1. The molecule has 0 saturated carbocycles. The fraction of sp³-hybridized carbons (Fsp3) is 0.444. The topological polar surface area (TPSA) is 61.6 Å². The molecular weight excluding hydrogens is 340 g/mol. The Labute approximate surface area is 152 Å². The summed E-state index contributed by atoms with van der Waals surface area (Å²) in [4.78, 5) is 16.1. The number of amides is 2. The number of carbonyl (C=O) groups excluding carboxylic acids is 1. The van der Waals surface area contributed by atoms with Crippen LogP contribution in [0.2, 0.25) is 5.02 Å². The van der Waals surface area contributed by atoms with Gasteiger partial charge in [0, 0.05) is 42.6 Å². The number of aromatic nitrogens is 1. The van der Waals surface area contributed by atoms with Gasteiger partial charge in [-0.2, -0.15) is 0 Å². The van der Waals surface area contributed by atoms with Crippen molar-refractivity contribution in [3.05, 3.63) is 41.6 Å². The van der Waals surface area contributed by atoms with Gasteiger partial charge in [0.25, 0.3) is 0 Å².